The van der Waals surface area contributed by atoms with E-state index in [1.807, 2.05) is 0 Å². The minimum atomic E-state index is -3.54. The summed E-state index contributed by atoms with van der Waals surface area (Å²) in [6, 6.07) is 0.0397. The highest BCUT2D eigenvalue weighted by atomic mass is 32.2. The summed E-state index contributed by atoms with van der Waals surface area (Å²) in [5.74, 6) is 0.835. The maximum Gasteiger partial charge on any atom is 0.305 e. The molecule has 1 aromatic rings. The van der Waals surface area contributed by atoms with Crippen molar-refractivity contribution in [3.8, 4) is 0 Å². The highest BCUT2D eigenvalue weighted by molar-refractivity contribution is 7.91. The van der Waals surface area contributed by atoms with Crippen LogP contribution in [0.5, 0.6) is 0 Å². The SMILES string of the molecule is Cc1[nH]c(=O)sc1S(=O)(=O)NC1C2CNCC21. The molecule has 2 atom stereocenters. The summed E-state index contributed by atoms with van der Waals surface area (Å²) in [5.41, 5.74) is 0.413. The molecule has 1 saturated heterocycles. The lowest BCUT2D eigenvalue weighted by molar-refractivity contribution is 0.566. The zero-order chi connectivity index (χ0) is 12.2. The molecule has 17 heavy (non-hydrogen) atoms. The van der Waals surface area contributed by atoms with Crippen LogP contribution in [-0.4, -0.2) is 32.5 Å². The van der Waals surface area contributed by atoms with Crippen molar-refractivity contribution in [2.75, 3.05) is 13.1 Å². The Kier molecular flexibility index (Phi) is 2.44. The van der Waals surface area contributed by atoms with E-state index in [2.05, 4.69) is 15.0 Å². The van der Waals surface area contributed by atoms with Crippen molar-refractivity contribution in [2.24, 2.45) is 11.8 Å². The van der Waals surface area contributed by atoms with E-state index < -0.39 is 10.0 Å². The van der Waals surface area contributed by atoms with Gasteiger partial charge in [0.05, 0.1) is 0 Å². The van der Waals surface area contributed by atoms with Crippen molar-refractivity contribution in [2.45, 2.75) is 17.2 Å². The van der Waals surface area contributed by atoms with Crippen LogP contribution in [0.3, 0.4) is 0 Å². The monoisotopic (exact) mass is 275 g/mol. The third kappa shape index (κ3) is 1.85. The first kappa shape index (κ1) is 11.4. The molecule has 2 heterocycles. The average Bonchev–Trinajstić information content (AvgIpc) is 2.68. The van der Waals surface area contributed by atoms with E-state index in [0.29, 0.717) is 17.5 Å². The quantitative estimate of drug-likeness (QED) is 0.676. The van der Waals surface area contributed by atoms with E-state index >= 15 is 0 Å². The van der Waals surface area contributed by atoms with Gasteiger partial charge < -0.3 is 10.3 Å². The number of aryl methyl sites for hydroxylation is 1. The van der Waals surface area contributed by atoms with Crippen LogP contribution in [0.25, 0.3) is 0 Å². The minimum absolute atomic E-state index is 0.0397. The second-order valence-corrected chi connectivity index (χ2v) is 7.45. The van der Waals surface area contributed by atoms with Gasteiger partial charge in [0.1, 0.15) is 0 Å². The fourth-order valence-electron chi connectivity index (χ4n) is 2.47. The van der Waals surface area contributed by atoms with Crippen molar-refractivity contribution in [1.82, 2.24) is 15.0 Å². The lowest BCUT2D eigenvalue weighted by Crippen LogP contribution is -2.32. The van der Waals surface area contributed by atoms with E-state index in [-0.39, 0.29) is 15.1 Å². The lowest BCUT2D eigenvalue weighted by atomic mass is 10.4. The molecule has 0 aromatic carbocycles. The summed E-state index contributed by atoms with van der Waals surface area (Å²) in [4.78, 5) is 13.3. The number of hydrogen-bond acceptors (Lipinski definition) is 5. The molecule has 2 fully saturated rings. The van der Waals surface area contributed by atoms with Crippen LogP contribution in [0.2, 0.25) is 0 Å². The first-order chi connectivity index (χ1) is 7.99. The first-order valence-electron chi connectivity index (χ1n) is 5.42. The Hall–Kier alpha value is -0.700. The molecule has 1 aliphatic heterocycles. The summed E-state index contributed by atoms with van der Waals surface area (Å²) >= 11 is 0.742. The Balaban J connectivity index is 1.82. The molecule has 0 amide bonds. The van der Waals surface area contributed by atoms with Crippen molar-refractivity contribution >= 4 is 21.4 Å². The topological polar surface area (TPSA) is 91.1 Å². The Labute approximate surface area is 102 Å². The Morgan fingerprint density at radius 3 is 2.53 bits per heavy atom. The molecule has 1 aromatic heterocycles. The summed E-state index contributed by atoms with van der Waals surface area (Å²) < 4.78 is 26.9. The molecule has 0 spiro atoms. The number of rotatable bonds is 3. The van der Waals surface area contributed by atoms with Gasteiger partial charge in [-0.05, 0) is 31.8 Å². The van der Waals surface area contributed by atoms with Crippen LogP contribution in [0.1, 0.15) is 5.69 Å². The van der Waals surface area contributed by atoms with Gasteiger partial charge in [0.2, 0.25) is 0 Å². The van der Waals surface area contributed by atoms with Crippen LogP contribution in [0, 0.1) is 18.8 Å². The summed E-state index contributed by atoms with van der Waals surface area (Å²) in [6.07, 6.45) is 0. The second-order valence-electron chi connectivity index (χ2n) is 4.56. The van der Waals surface area contributed by atoms with Gasteiger partial charge in [-0.2, -0.15) is 0 Å². The molecule has 8 heteroatoms. The van der Waals surface area contributed by atoms with Crippen molar-refractivity contribution in [3.05, 3.63) is 15.4 Å². The number of hydrogen-bond donors (Lipinski definition) is 3. The molecule has 2 aliphatic rings. The molecule has 1 aliphatic carbocycles. The van der Waals surface area contributed by atoms with E-state index in [1.54, 1.807) is 6.92 Å². The molecular weight excluding hydrogens is 262 g/mol. The highest BCUT2D eigenvalue weighted by Gasteiger charge is 2.54. The number of nitrogens with one attached hydrogen (secondary N) is 3. The summed E-state index contributed by atoms with van der Waals surface area (Å²) in [7, 11) is -3.54. The number of aromatic amines is 1. The fraction of sp³-hybridized carbons (Fsp3) is 0.667. The Bertz CT molecular complexity index is 593. The Morgan fingerprint density at radius 2 is 2.00 bits per heavy atom. The van der Waals surface area contributed by atoms with Gasteiger partial charge in [-0.3, -0.25) is 4.79 Å². The van der Waals surface area contributed by atoms with Crippen LogP contribution in [0.15, 0.2) is 9.00 Å². The normalized spacial score (nSPS) is 31.5. The third-order valence-electron chi connectivity index (χ3n) is 3.41. The van der Waals surface area contributed by atoms with Gasteiger partial charge in [0.25, 0.3) is 10.0 Å². The van der Waals surface area contributed by atoms with E-state index in [0.717, 1.165) is 24.4 Å². The van der Waals surface area contributed by atoms with Gasteiger partial charge in [-0.1, -0.05) is 11.3 Å². The van der Waals surface area contributed by atoms with Crippen molar-refractivity contribution in [3.63, 3.8) is 0 Å². The number of fused-ring (bicyclic) bond motifs is 1. The van der Waals surface area contributed by atoms with Crippen LogP contribution in [0.4, 0.5) is 0 Å². The maximum absolute atomic E-state index is 12.1. The number of thiazole rings is 1. The minimum Gasteiger partial charge on any atom is -0.316 e. The largest absolute Gasteiger partial charge is 0.316 e. The molecule has 94 valence electrons. The van der Waals surface area contributed by atoms with Gasteiger partial charge >= 0.3 is 4.87 Å². The molecule has 0 bridgehead atoms. The molecule has 3 N–H and O–H groups in total. The van der Waals surface area contributed by atoms with Gasteiger partial charge in [-0.15, -0.1) is 0 Å². The number of sulfonamides is 1. The second kappa shape index (κ2) is 3.64. The zero-order valence-corrected chi connectivity index (χ0v) is 10.8. The van der Waals surface area contributed by atoms with E-state index in [4.69, 9.17) is 0 Å². The Morgan fingerprint density at radius 1 is 1.35 bits per heavy atom. The number of piperidine rings is 1. The molecule has 0 radical (unpaired) electrons. The maximum atomic E-state index is 12.1. The number of H-pyrrole nitrogens is 1. The van der Waals surface area contributed by atoms with Crippen LogP contribution in [-0.2, 0) is 10.0 Å². The third-order valence-corrected chi connectivity index (χ3v) is 6.47. The predicted octanol–water partition coefficient (Wildman–Crippen LogP) is -0.759. The zero-order valence-electron chi connectivity index (χ0n) is 9.19. The molecule has 1 saturated carbocycles. The van der Waals surface area contributed by atoms with E-state index in [1.165, 1.54) is 0 Å². The molecule has 6 nitrogen and oxygen atoms in total. The standard InChI is InChI=1S/C9H13N3O3S2/c1-4-8(16-9(13)11-4)17(14,15)12-7-5-2-10-3-6(5)7/h5-7,10,12H,2-3H2,1H3,(H,11,13). The van der Waals surface area contributed by atoms with E-state index in [9.17, 15) is 13.2 Å². The molecule has 2 unspecified atom stereocenters. The fourth-order valence-corrected chi connectivity index (χ4v) is 5.13. The van der Waals surface area contributed by atoms with Gasteiger partial charge in [0.15, 0.2) is 4.21 Å². The molecular formula is C9H13N3O3S2. The van der Waals surface area contributed by atoms with Crippen LogP contribution < -0.4 is 14.9 Å². The summed E-state index contributed by atoms with van der Waals surface area (Å²) in [6.45, 7) is 3.35. The highest BCUT2D eigenvalue weighted by Crippen LogP contribution is 2.42. The summed E-state index contributed by atoms with van der Waals surface area (Å²) in [5, 5.41) is 3.20. The number of aromatic nitrogens is 1. The molecule has 3 rings (SSSR count). The first-order valence-corrected chi connectivity index (χ1v) is 7.72. The van der Waals surface area contributed by atoms with Gasteiger partial charge in [-0.25, -0.2) is 13.1 Å². The predicted molar refractivity (Wildman–Crippen MR) is 63.6 cm³/mol. The lowest BCUT2D eigenvalue weighted by Gasteiger charge is -2.07. The average molecular weight is 275 g/mol. The van der Waals surface area contributed by atoms with Crippen molar-refractivity contribution in [1.29, 1.82) is 0 Å². The van der Waals surface area contributed by atoms with Crippen molar-refractivity contribution < 1.29 is 8.42 Å². The smallest absolute Gasteiger partial charge is 0.305 e. The van der Waals surface area contributed by atoms with Crippen LogP contribution >= 0.6 is 11.3 Å². The van der Waals surface area contributed by atoms with Gasteiger partial charge in [0, 0.05) is 11.7 Å².